The minimum atomic E-state index is -0.773. The minimum absolute atomic E-state index is 0.00717. The summed E-state index contributed by atoms with van der Waals surface area (Å²) in [5.41, 5.74) is 1.67. The highest BCUT2D eigenvalue weighted by Gasteiger charge is 2.51. The highest BCUT2D eigenvalue weighted by molar-refractivity contribution is 6.62. The molecule has 2 saturated heterocycles. The van der Waals surface area contributed by atoms with Gasteiger partial charge >= 0.3 is 13.1 Å². The fourth-order valence-electron chi connectivity index (χ4n) is 5.55. The molecule has 2 fully saturated rings. The quantitative estimate of drug-likeness (QED) is 0.110. The zero-order valence-corrected chi connectivity index (χ0v) is 26.2. The molecule has 1 aromatic heterocycles. The van der Waals surface area contributed by atoms with E-state index >= 15 is 0 Å². The maximum Gasteiger partial charge on any atom is 0.494 e. The Balaban J connectivity index is 1.13. The molecule has 12 heteroatoms. The first-order chi connectivity index (χ1) is 21.9. The lowest BCUT2D eigenvalue weighted by molar-refractivity contribution is -0.127. The van der Waals surface area contributed by atoms with Crippen molar-refractivity contribution in [2.45, 2.75) is 38.9 Å². The normalized spacial score (nSPS) is 17.8. The van der Waals surface area contributed by atoms with Crippen LogP contribution in [0.1, 0.15) is 43.6 Å². The van der Waals surface area contributed by atoms with Gasteiger partial charge in [-0.2, -0.15) is 4.99 Å². The van der Waals surface area contributed by atoms with Gasteiger partial charge in [-0.1, -0.05) is 48.5 Å². The van der Waals surface area contributed by atoms with Crippen molar-refractivity contribution < 1.29 is 28.1 Å². The smallest absolute Gasteiger partial charge is 0.399 e. The Kier molecular flexibility index (Phi) is 8.26. The minimum Gasteiger partial charge on any atom is -0.399 e. The number of rotatable bonds is 5. The standard InChI is InChI=1S/C34H35BFN5O5/c1-33(2)34(3,4)46-35(45-33)23-13-15-24(16-14-23)38-32(44)39-30(22-9-6-5-7-10-22)40-17-19-41(20-18-40)31(43)29(42)25-21-37-27-12-8-11-26(36)28(25)27/h5-16,21,37H,17-20H2,1-4H3,(H,38,44). The van der Waals surface area contributed by atoms with Crippen molar-refractivity contribution in [3.05, 3.63) is 95.9 Å². The van der Waals surface area contributed by atoms with Gasteiger partial charge in [0.1, 0.15) is 11.7 Å². The number of fused-ring (bicyclic) bond motifs is 1. The molecule has 2 aliphatic heterocycles. The average molecular weight is 623 g/mol. The Labute approximate surface area is 266 Å². The maximum absolute atomic E-state index is 14.5. The number of carbonyl (C=O) groups is 3. The number of carbonyl (C=O) groups excluding carboxylic acids is 3. The van der Waals surface area contributed by atoms with E-state index in [2.05, 4.69) is 15.3 Å². The summed E-state index contributed by atoms with van der Waals surface area (Å²) in [6, 6.07) is 20.4. The molecular formula is C34H35BFN5O5. The number of aliphatic imine (C=N–C) groups is 1. The highest BCUT2D eigenvalue weighted by atomic mass is 19.1. The van der Waals surface area contributed by atoms with E-state index in [9.17, 15) is 18.8 Å². The molecule has 6 rings (SSSR count). The van der Waals surface area contributed by atoms with Gasteiger partial charge < -0.3 is 29.4 Å². The highest BCUT2D eigenvalue weighted by Crippen LogP contribution is 2.36. The van der Waals surface area contributed by atoms with Crippen molar-refractivity contribution >= 4 is 52.7 Å². The molecule has 2 aliphatic rings. The van der Waals surface area contributed by atoms with Gasteiger partial charge in [0.15, 0.2) is 0 Å². The third-order valence-electron chi connectivity index (χ3n) is 8.89. The van der Waals surface area contributed by atoms with E-state index in [1.165, 1.54) is 23.2 Å². The molecule has 236 valence electrons. The molecule has 3 aromatic carbocycles. The molecule has 3 heterocycles. The number of piperazine rings is 1. The number of amides is 3. The van der Waals surface area contributed by atoms with E-state index in [1.54, 1.807) is 18.2 Å². The van der Waals surface area contributed by atoms with Crippen LogP contribution in [0.15, 0.2) is 84.0 Å². The van der Waals surface area contributed by atoms with Crippen molar-refractivity contribution in [3.8, 4) is 0 Å². The summed E-state index contributed by atoms with van der Waals surface area (Å²) >= 11 is 0. The summed E-state index contributed by atoms with van der Waals surface area (Å²) in [5, 5.41) is 2.93. The van der Waals surface area contributed by atoms with Crippen molar-refractivity contribution in [2.75, 3.05) is 31.5 Å². The Hall–Kier alpha value is -4.81. The van der Waals surface area contributed by atoms with Crippen LogP contribution < -0.4 is 10.8 Å². The second-order valence-electron chi connectivity index (χ2n) is 12.4. The van der Waals surface area contributed by atoms with Crippen LogP contribution in [0.2, 0.25) is 0 Å². The molecule has 46 heavy (non-hydrogen) atoms. The number of hydrogen-bond acceptors (Lipinski definition) is 5. The molecule has 0 aliphatic carbocycles. The molecular weight excluding hydrogens is 588 g/mol. The van der Waals surface area contributed by atoms with Crippen LogP contribution in [0.4, 0.5) is 14.9 Å². The Morgan fingerprint density at radius 2 is 1.48 bits per heavy atom. The third kappa shape index (κ3) is 6.05. The number of aromatic amines is 1. The predicted molar refractivity (Wildman–Crippen MR) is 175 cm³/mol. The number of amidine groups is 1. The average Bonchev–Trinajstić information content (AvgIpc) is 3.58. The zero-order valence-electron chi connectivity index (χ0n) is 26.2. The second-order valence-corrected chi connectivity index (χ2v) is 12.4. The summed E-state index contributed by atoms with van der Waals surface area (Å²) in [5.74, 6) is -1.60. The fourth-order valence-corrected chi connectivity index (χ4v) is 5.55. The van der Waals surface area contributed by atoms with Crippen LogP contribution in [0.5, 0.6) is 0 Å². The third-order valence-corrected chi connectivity index (χ3v) is 8.89. The van der Waals surface area contributed by atoms with Gasteiger partial charge in [-0.05, 0) is 57.4 Å². The predicted octanol–water partition coefficient (Wildman–Crippen LogP) is 4.61. The lowest BCUT2D eigenvalue weighted by Gasteiger charge is -2.36. The number of hydrogen-bond donors (Lipinski definition) is 2. The number of ketones is 1. The fraction of sp³-hybridized carbons (Fsp3) is 0.294. The van der Waals surface area contributed by atoms with Crippen LogP contribution in [-0.2, 0) is 14.1 Å². The Bertz CT molecular complexity index is 1800. The molecule has 0 atom stereocenters. The van der Waals surface area contributed by atoms with Crippen LogP contribution >= 0.6 is 0 Å². The van der Waals surface area contributed by atoms with Crippen LogP contribution in [0, 0.1) is 5.82 Å². The molecule has 0 radical (unpaired) electrons. The number of aromatic nitrogens is 1. The second kappa shape index (κ2) is 12.2. The molecule has 4 aromatic rings. The summed E-state index contributed by atoms with van der Waals surface area (Å²) in [7, 11) is -0.512. The van der Waals surface area contributed by atoms with Gasteiger partial charge in [0.25, 0.3) is 11.7 Å². The van der Waals surface area contributed by atoms with Gasteiger partial charge in [0, 0.05) is 54.5 Å². The summed E-state index contributed by atoms with van der Waals surface area (Å²) in [6.45, 7) is 9.11. The number of nitrogens with one attached hydrogen (secondary N) is 2. The topological polar surface area (TPSA) is 116 Å². The van der Waals surface area contributed by atoms with Crippen LogP contribution in [0.25, 0.3) is 10.9 Å². The van der Waals surface area contributed by atoms with Gasteiger partial charge in [-0.15, -0.1) is 0 Å². The Morgan fingerprint density at radius 3 is 2.13 bits per heavy atom. The van der Waals surface area contributed by atoms with E-state index in [0.717, 1.165) is 11.0 Å². The van der Waals surface area contributed by atoms with Gasteiger partial charge in [0.2, 0.25) is 0 Å². The largest absolute Gasteiger partial charge is 0.494 e. The van der Waals surface area contributed by atoms with Crippen molar-refractivity contribution in [3.63, 3.8) is 0 Å². The van der Waals surface area contributed by atoms with Gasteiger partial charge in [-0.3, -0.25) is 9.59 Å². The molecule has 0 spiro atoms. The van der Waals surface area contributed by atoms with Gasteiger partial charge in [-0.25, -0.2) is 9.18 Å². The summed E-state index contributed by atoms with van der Waals surface area (Å²) < 4.78 is 26.7. The summed E-state index contributed by atoms with van der Waals surface area (Å²) in [4.78, 5) is 50.1. The number of benzene rings is 3. The van der Waals surface area contributed by atoms with Crippen molar-refractivity contribution in [1.82, 2.24) is 14.8 Å². The molecule has 0 saturated carbocycles. The number of anilines is 1. The maximum atomic E-state index is 14.5. The molecule has 2 N–H and O–H groups in total. The Morgan fingerprint density at radius 1 is 0.848 bits per heavy atom. The molecule has 0 unspecified atom stereocenters. The van der Waals surface area contributed by atoms with E-state index in [-0.39, 0.29) is 24.0 Å². The lowest BCUT2D eigenvalue weighted by atomic mass is 9.79. The molecule has 3 amide bonds. The zero-order chi connectivity index (χ0) is 32.6. The molecule has 0 bridgehead atoms. The van der Waals surface area contributed by atoms with E-state index in [0.29, 0.717) is 30.1 Å². The monoisotopic (exact) mass is 623 g/mol. The van der Waals surface area contributed by atoms with Crippen molar-refractivity contribution in [1.29, 1.82) is 0 Å². The number of halogens is 1. The first-order valence-electron chi connectivity index (χ1n) is 15.2. The lowest BCUT2D eigenvalue weighted by Crippen LogP contribution is -2.52. The first kappa shape index (κ1) is 31.2. The van der Waals surface area contributed by atoms with E-state index < -0.39 is 41.9 Å². The SMILES string of the molecule is CC1(C)OB(c2ccc(NC(=O)N=C(c3ccccc3)N3CCN(C(=O)C(=O)c4c[nH]c5cccc(F)c45)CC3)cc2)OC1(C)C. The van der Waals surface area contributed by atoms with Crippen molar-refractivity contribution in [2.24, 2.45) is 4.99 Å². The van der Waals surface area contributed by atoms with Crippen LogP contribution in [0.3, 0.4) is 0 Å². The number of Topliss-reactive ketones (excluding diaryl/α,β-unsaturated/α-hetero) is 1. The molecule has 10 nitrogen and oxygen atoms in total. The number of urea groups is 1. The van der Waals surface area contributed by atoms with E-state index in [4.69, 9.17) is 9.31 Å². The van der Waals surface area contributed by atoms with Gasteiger partial charge in [0.05, 0.1) is 16.8 Å². The van der Waals surface area contributed by atoms with E-state index in [1.807, 2.05) is 75.1 Å². The number of H-pyrrole nitrogens is 1. The van der Waals surface area contributed by atoms with Crippen LogP contribution in [-0.4, -0.2) is 82.8 Å². The summed E-state index contributed by atoms with van der Waals surface area (Å²) in [6.07, 6.45) is 1.37. The first-order valence-corrected chi connectivity index (χ1v) is 15.2. The number of nitrogens with zero attached hydrogens (tertiary/aromatic N) is 3.